The third kappa shape index (κ3) is 5.83. The quantitative estimate of drug-likeness (QED) is 0.397. The molecule has 1 atom stereocenters. The Balaban J connectivity index is 1.67. The molecule has 1 aromatic carbocycles. The van der Waals surface area contributed by atoms with Crippen LogP contribution in [0.2, 0.25) is 0 Å². The van der Waals surface area contributed by atoms with E-state index in [1.807, 2.05) is 45.0 Å². The Morgan fingerprint density at radius 2 is 2.03 bits per heavy atom. The number of aliphatic hydroxyl groups is 1. The molecule has 1 fully saturated rings. The predicted molar refractivity (Wildman–Crippen MR) is 141 cm³/mol. The van der Waals surface area contributed by atoms with E-state index in [0.717, 1.165) is 33.9 Å². The van der Waals surface area contributed by atoms with Crippen LogP contribution >= 0.6 is 0 Å². The molecule has 3 heterocycles. The number of aryl methyl sites for hydroxylation is 2. The number of anilines is 1. The minimum absolute atomic E-state index is 0.0380. The molecule has 0 bridgehead atoms. The summed E-state index contributed by atoms with van der Waals surface area (Å²) in [6, 6.07) is 7.44. The van der Waals surface area contributed by atoms with Gasteiger partial charge >= 0.3 is 6.03 Å². The largest absolute Gasteiger partial charge is 0.491 e. The second-order valence-corrected chi connectivity index (χ2v) is 9.54. The van der Waals surface area contributed by atoms with Gasteiger partial charge in [0.25, 0.3) is 0 Å². The summed E-state index contributed by atoms with van der Waals surface area (Å²) in [5.74, 6) is 2.64. The van der Waals surface area contributed by atoms with Crippen molar-refractivity contribution in [2.24, 2.45) is 0 Å². The summed E-state index contributed by atoms with van der Waals surface area (Å²) in [4.78, 5) is 25.6. The molecule has 1 unspecified atom stereocenters. The van der Waals surface area contributed by atoms with E-state index in [4.69, 9.17) is 19.2 Å². The Labute approximate surface area is 216 Å². The highest BCUT2D eigenvalue weighted by Gasteiger charge is 2.32. The van der Waals surface area contributed by atoms with Crippen molar-refractivity contribution in [1.29, 1.82) is 0 Å². The van der Waals surface area contributed by atoms with Gasteiger partial charge in [-0.2, -0.15) is 0 Å². The zero-order valence-electron chi connectivity index (χ0n) is 22.2. The number of hydrogen-bond acceptors (Lipinski definition) is 9. The van der Waals surface area contributed by atoms with E-state index in [9.17, 15) is 9.90 Å². The molecule has 1 aliphatic rings. The number of likely N-dealkylation sites (N-methyl/N-ethyl adjacent to an activating group) is 1. The van der Waals surface area contributed by atoms with Crippen molar-refractivity contribution < 1.29 is 19.2 Å². The first-order valence-corrected chi connectivity index (χ1v) is 12.3. The van der Waals surface area contributed by atoms with Crippen LogP contribution in [0.5, 0.6) is 5.75 Å². The number of hydrogen-bond donors (Lipinski definition) is 3. The minimum atomic E-state index is -0.616. The highest BCUT2D eigenvalue weighted by atomic mass is 16.5. The Morgan fingerprint density at radius 1 is 1.27 bits per heavy atom. The molecule has 11 heteroatoms. The second-order valence-electron chi connectivity index (χ2n) is 9.54. The minimum Gasteiger partial charge on any atom is -0.491 e. The Kier molecular flexibility index (Phi) is 7.94. The number of ether oxygens (including phenoxy) is 1. The van der Waals surface area contributed by atoms with Crippen molar-refractivity contribution in [2.45, 2.75) is 32.9 Å². The van der Waals surface area contributed by atoms with E-state index in [-0.39, 0.29) is 18.7 Å². The molecule has 4 rings (SSSR count). The van der Waals surface area contributed by atoms with Gasteiger partial charge in [0.05, 0.1) is 23.0 Å². The molecular weight excluding hydrogens is 474 g/mol. The summed E-state index contributed by atoms with van der Waals surface area (Å²) in [5, 5.41) is 20.1. The molecule has 2 aromatic heterocycles. The topological polar surface area (TPSA) is 129 Å². The second kappa shape index (κ2) is 11.1. The highest BCUT2D eigenvalue weighted by molar-refractivity contribution is 5.76. The maximum absolute atomic E-state index is 12.1. The van der Waals surface area contributed by atoms with Gasteiger partial charge in [-0.1, -0.05) is 17.3 Å². The molecule has 3 N–H and O–H groups in total. The Bertz CT molecular complexity index is 1230. The van der Waals surface area contributed by atoms with Crippen LogP contribution in [0, 0.1) is 20.8 Å². The van der Waals surface area contributed by atoms with Crippen LogP contribution in [0.1, 0.15) is 17.0 Å². The van der Waals surface area contributed by atoms with Crippen LogP contribution in [0.15, 0.2) is 28.8 Å². The molecule has 37 heavy (non-hydrogen) atoms. The van der Waals surface area contributed by atoms with Gasteiger partial charge in [-0.3, -0.25) is 0 Å². The summed E-state index contributed by atoms with van der Waals surface area (Å²) >= 11 is 0. The number of aliphatic hydroxyl groups excluding tert-OH is 1. The molecule has 3 aromatic rings. The first kappa shape index (κ1) is 26.4. The number of amides is 2. The van der Waals surface area contributed by atoms with Crippen LogP contribution in [-0.4, -0.2) is 90.7 Å². The molecular formula is C26H35N7O4. The predicted octanol–water partition coefficient (Wildman–Crippen LogP) is 2.14. The van der Waals surface area contributed by atoms with Crippen LogP contribution in [0.25, 0.3) is 22.6 Å². The Morgan fingerprint density at radius 3 is 2.68 bits per heavy atom. The van der Waals surface area contributed by atoms with Crippen LogP contribution in [-0.2, 0) is 0 Å². The first-order valence-electron chi connectivity index (χ1n) is 12.3. The number of benzene rings is 1. The van der Waals surface area contributed by atoms with E-state index in [1.165, 1.54) is 4.90 Å². The fraction of sp³-hybridized carbons (Fsp3) is 0.462. The Hall–Kier alpha value is -3.70. The smallest absolute Gasteiger partial charge is 0.317 e. The molecule has 1 saturated heterocycles. The van der Waals surface area contributed by atoms with Crippen molar-refractivity contribution in [3.8, 4) is 28.4 Å². The lowest BCUT2D eigenvalue weighted by atomic mass is 10.0. The zero-order chi connectivity index (χ0) is 26.7. The molecule has 0 aliphatic carbocycles. The number of carbonyl (C=O) groups is 1. The van der Waals surface area contributed by atoms with E-state index >= 15 is 0 Å². The van der Waals surface area contributed by atoms with E-state index in [0.29, 0.717) is 37.0 Å². The lowest BCUT2D eigenvalue weighted by Gasteiger charge is -2.41. The molecule has 0 radical (unpaired) electrons. The summed E-state index contributed by atoms with van der Waals surface area (Å²) in [6.07, 6.45) is -0.616. The number of nitrogens with zero attached hydrogens (tertiary/aromatic N) is 5. The number of rotatable bonds is 9. The van der Waals surface area contributed by atoms with Gasteiger partial charge in [-0.05, 0) is 40.0 Å². The van der Waals surface area contributed by atoms with Gasteiger partial charge in [0.15, 0.2) is 5.82 Å². The van der Waals surface area contributed by atoms with E-state index in [1.54, 1.807) is 21.1 Å². The van der Waals surface area contributed by atoms with Crippen molar-refractivity contribution in [3.63, 3.8) is 0 Å². The summed E-state index contributed by atoms with van der Waals surface area (Å²) in [5.41, 5.74) is 4.06. The lowest BCUT2D eigenvalue weighted by molar-refractivity contribution is 0.108. The third-order valence-electron chi connectivity index (χ3n) is 6.28. The monoisotopic (exact) mass is 509 g/mol. The maximum atomic E-state index is 12.1. The van der Waals surface area contributed by atoms with Crippen LogP contribution in [0.3, 0.4) is 0 Å². The number of aromatic nitrogens is 3. The standard InChI is InChI=1S/C26H35N7O4/c1-15-23(22-16(2)31-37-17(22)3)29-24(18-8-7-9-21(10-18)36-14-20(34)11-27-4)30-25(15)33-12-19(13-33)28-26(35)32(5)6/h7-10,19-20,27,34H,11-14H2,1-6H3,(H,28,35). The van der Waals surface area contributed by atoms with Crippen LogP contribution < -0.4 is 20.3 Å². The van der Waals surface area contributed by atoms with Gasteiger partial charge in [-0.15, -0.1) is 0 Å². The van der Waals surface area contributed by atoms with E-state index < -0.39 is 6.10 Å². The van der Waals surface area contributed by atoms with Crippen molar-refractivity contribution in [2.75, 3.05) is 52.3 Å². The molecule has 198 valence electrons. The maximum Gasteiger partial charge on any atom is 0.317 e. The van der Waals surface area contributed by atoms with Crippen molar-refractivity contribution >= 4 is 11.8 Å². The SMILES string of the molecule is CNCC(O)COc1cccc(-c2nc(-c3c(C)noc3C)c(C)c(N3CC(NC(=O)N(C)C)C3)n2)c1. The van der Waals surface area contributed by atoms with E-state index in [2.05, 4.69) is 20.7 Å². The van der Waals surface area contributed by atoms with Crippen molar-refractivity contribution in [3.05, 3.63) is 41.3 Å². The lowest BCUT2D eigenvalue weighted by Crippen LogP contribution is -2.61. The molecule has 11 nitrogen and oxygen atoms in total. The molecule has 0 spiro atoms. The first-order chi connectivity index (χ1) is 17.7. The number of urea groups is 1. The summed E-state index contributed by atoms with van der Waals surface area (Å²) < 4.78 is 11.2. The third-order valence-corrected chi connectivity index (χ3v) is 6.28. The zero-order valence-corrected chi connectivity index (χ0v) is 22.2. The molecule has 0 saturated carbocycles. The average Bonchev–Trinajstić information content (AvgIpc) is 3.18. The average molecular weight is 510 g/mol. The number of carbonyl (C=O) groups excluding carboxylic acids is 1. The number of nitrogens with one attached hydrogen (secondary N) is 2. The summed E-state index contributed by atoms with van der Waals surface area (Å²) in [6.45, 7) is 7.66. The van der Waals surface area contributed by atoms with Gasteiger partial charge in [0.1, 0.15) is 30.0 Å². The summed E-state index contributed by atoms with van der Waals surface area (Å²) in [7, 11) is 5.23. The normalized spacial score (nSPS) is 14.3. The van der Waals surface area contributed by atoms with Crippen molar-refractivity contribution in [1.82, 2.24) is 30.7 Å². The van der Waals surface area contributed by atoms with Gasteiger partial charge in [0.2, 0.25) is 0 Å². The van der Waals surface area contributed by atoms with Gasteiger partial charge in [-0.25, -0.2) is 14.8 Å². The highest BCUT2D eigenvalue weighted by Crippen LogP contribution is 2.36. The van der Waals surface area contributed by atoms with Gasteiger partial charge < -0.3 is 34.8 Å². The fourth-order valence-corrected chi connectivity index (χ4v) is 4.26. The fourth-order valence-electron chi connectivity index (χ4n) is 4.26. The van der Waals surface area contributed by atoms with Gasteiger partial charge in [0, 0.05) is 44.9 Å². The van der Waals surface area contributed by atoms with Crippen LogP contribution in [0.4, 0.5) is 10.6 Å². The molecule has 2 amide bonds. The molecule has 1 aliphatic heterocycles.